The van der Waals surface area contributed by atoms with E-state index >= 15 is 0 Å². The maximum absolute atomic E-state index is 13.8. The van der Waals surface area contributed by atoms with Crippen LogP contribution in [0.5, 0.6) is 0 Å². The lowest BCUT2D eigenvalue weighted by molar-refractivity contribution is 0.0745. The Labute approximate surface area is 200 Å². The van der Waals surface area contributed by atoms with Gasteiger partial charge in [-0.15, -0.1) is 11.3 Å². The largest absolute Gasteiger partial charge is 0.337 e. The molecule has 170 valence electrons. The molecule has 0 bridgehead atoms. The topological polar surface area (TPSA) is 45.6 Å². The van der Waals surface area contributed by atoms with Gasteiger partial charge < -0.3 is 4.90 Å². The first-order chi connectivity index (χ1) is 15.9. The monoisotopic (exact) mass is 457 g/mol. The van der Waals surface area contributed by atoms with Gasteiger partial charge in [-0.1, -0.05) is 35.9 Å². The summed E-state index contributed by atoms with van der Waals surface area (Å²) in [5, 5.41) is 0.934. The molecular weight excluding hydrogens is 426 g/mol. The molecule has 2 heterocycles. The number of aliphatic imine (C=N–C) groups is 1. The predicted octanol–water partition coefficient (Wildman–Crippen LogP) is 6.59. The summed E-state index contributed by atoms with van der Waals surface area (Å²) in [6.45, 7) is 9.89. The molecule has 4 nitrogen and oxygen atoms in total. The van der Waals surface area contributed by atoms with E-state index in [1.807, 2.05) is 18.0 Å². The Morgan fingerprint density at radius 3 is 2.73 bits per heavy atom. The Kier molecular flexibility index (Phi) is 5.92. The third-order valence-corrected chi connectivity index (χ3v) is 7.86. The normalized spacial score (nSPS) is 17.2. The van der Waals surface area contributed by atoms with Crippen LogP contribution in [0, 0.1) is 26.7 Å². The van der Waals surface area contributed by atoms with E-state index in [0.717, 1.165) is 40.5 Å². The van der Waals surface area contributed by atoms with Crippen LogP contribution in [0.1, 0.15) is 59.2 Å². The number of allylic oxidation sites excluding steroid dienone is 4. The van der Waals surface area contributed by atoms with Gasteiger partial charge in [0, 0.05) is 31.3 Å². The van der Waals surface area contributed by atoms with Gasteiger partial charge in [0.05, 0.1) is 15.6 Å². The van der Waals surface area contributed by atoms with E-state index in [-0.39, 0.29) is 5.91 Å². The Morgan fingerprint density at radius 1 is 1.15 bits per heavy atom. The van der Waals surface area contributed by atoms with Gasteiger partial charge in [0.2, 0.25) is 0 Å². The standard InChI is InChI=1S/C28H31N3OS/c1-17-5-10-25-24(13-17)23(15-29-25)11-12-31(16-21-7-8-21)28(32)26-27(33-20(4)30-26)22-9-6-18(2)19(3)14-22/h5-6,9,13-15,21H,7-8,10-12,16H2,1-4H3. The second-order valence-electron chi connectivity index (χ2n) is 9.59. The second kappa shape index (κ2) is 8.86. The van der Waals surface area contributed by atoms with Gasteiger partial charge in [-0.2, -0.15) is 0 Å². The van der Waals surface area contributed by atoms with Gasteiger partial charge in [0.1, 0.15) is 5.69 Å². The Balaban J connectivity index is 1.38. The van der Waals surface area contributed by atoms with Crippen LogP contribution in [0.25, 0.3) is 10.4 Å². The minimum atomic E-state index is 0.0629. The zero-order valence-corrected chi connectivity index (χ0v) is 20.8. The molecule has 33 heavy (non-hydrogen) atoms. The smallest absolute Gasteiger partial charge is 0.274 e. The molecule has 2 aliphatic carbocycles. The van der Waals surface area contributed by atoms with Gasteiger partial charge in [-0.25, -0.2) is 4.98 Å². The molecule has 1 aromatic carbocycles. The van der Waals surface area contributed by atoms with E-state index < -0.39 is 0 Å². The molecule has 0 N–H and O–H groups in total. The fourth-order valence-corrected chi connectivity index (χ4v) is 5.41. The first-order valence-electron chi connectivity index (χ1n) is 11.9. The summed E-state index contributed by atoms with van der Waals surface area (Å²) >= 11 is 1.62. The number of aromatic nitrogens is 1. The van der Waals surface area contributed by atoms with Crippen molar-refractivity contribution in [3.8, 4) is 10.4 Å². The number of aryl methyl sites for hydroxylation is 3. The van der Waals surface area contributed by atoms with Gasteiger partial charge in [0.15, 0.2) is 0 Å². The van der Waals surface area contributed by atoms with Crippen molar-refractivity contribution in [3.05, 3.63) is 75.1 Å². The Bertz CT molecular complexity index is 1240. The first-order valence-corrected chi connectivity index (χ1v) is 12.7. The number of rotatable bonds is 7. The van der Waals surface area contributed by atoms with Crippen LogP contribution in [0.3, 0.4) is 0 Å². The van der Waals surface area contributed by atoms with E-state index in [0.29, 0.717) is 18.2 Å². The van der Waals surface area contributed by atoms with Crippen molar-refractivity contribution in [2.45, 2.75) is 53.4 Å². The SMILES string of the molecule is CC1=CCC2=NC=C(CCN(CC3CC3)C(=O)c3nc(C)sc3-c3ccc(C)c(C)c3)C2=C1. The number of hydrogen-bond acceptors (Lipinski definition) is 4. The molecule has 2 aromatic rings. The van der Waals surface area contributed by atoms with Crippen molar-refractivity contribution >= 4 is 23.0 Å². The van der Waals surface area contributed by atoms with E-state index in [1.54, 1.807) is 11.3 Å². The van der Waals surface area contributed by atoms with Crippen LogP contribution in [-0.4, -0.2) is 34.6 Å². The molecule has 1 amide bonds. The van der Waals surface area contributed by atoms with Gasteiger partial charge in [-0.3, -0.25) is 9.79 Å². The molecule has 1 saturated carbocycles. The predicted molar refractivity (Wildman–Crippen MR) is 137 cm³/mol. The van der Waals surface area contributed by atoms with Gasteiger partial charge >= 0.3 is 0 Å². The van der Waals surface area contributed by atoms with Crippen LogP contribution in [0.15, 0.2) is 58.3 Å². The van der Waals surface area contributed by atoms with Crippen LogP contribution < -0.4 is 0 Å². The van der Waals surface area contributed by atoms with E-state index in [1.165, 1.54) is 40.7 Å². The molecular formula is C28H31N3OS. The zero-order valence-electron chi connectivity index (χ0n) is 19.9. The lowest BCUT2D eigenvalue weighted by Crippen LogP contribution is -2.34. The Hall–Kier alpha value is -2.79. The summed E-state index contributed by atoms with van der Waals surface area (Å²) in [5.74, 6) is 0.690. The molecule has 1 fully saturated rings. The van der Waals surface area contributed by atoms with Gasteiger partial charge in [0.25, 0.3) is 5.91 Å². The van der Waals surface area contributed by atoms with Crippen LogP contribution in [-0.2, 0) is 0 Å². The molecule has 5 rings (SSSR count). The molecule has 3 aliphatic rings. The fraction of sp³-hybridized carbons (Fsp3) is 0.393. The molecule has 5 heteroatoms. The number of benzene rings is 1. The number of thiazole rings is 1. The minimum absolute atomic E-state index is 0.0629. The highest BCUT2D eigenvalue weighted by atomic mass is 32.1. The number of hydrogen-bond donors (Lipinski definition) is 0. The average molecular weight is 458 g/mol. The van der Waals surface area contributed by atoms with Crippen molar-refractivity contribution in [2.75, 3.05) is 13.1 Å². The molecule has 0 saturated heterocycles. The van der Waals surface area contributed by atoms with E-state index in [2.05, 4.69) is 56.1 Å². The maximum atomic E-state index is 13.8. The lowest BCUT2D eigenvalue weighted by atomic mass is 9.93. The van der Waals surface area contributed by atoms with Crippen LogP contribution in [0.4, 0.5) is 0 Å². The number of carbonyl (C=O) groups excluding carboxylic acids is 1. The minimum Gasteiger partial charge on any atom is -0.337 e. The summed E-state index contributed by atoms with van der Waals surface area (Å²) < 4.78 is 0. The quantitative estimate of drug-likeness (QED) is 0.471. The summed E-state index contributed by atoms with van der Waals surface area (Å²) in [6, 6.07) is 6.43. The number of nitrogens with zero attached hydrogens (tertiary/aromatic N) is 3. The third kappa shape index (κ3) is 4.65. The van der Waals surface area contributed by atoms with Crippen molar-refractivity contribution in [1.29, 1.82) is 0 Å². The molecule has 0 atom stereocenters. The summed E-state index contributed by atoms with van der Waals surface area (Å²) in [7, 11) is 0. The van der Waals surface area contributed by atoms with Crippen molar-refractivity contribution in [2.24, 2.45) is 10.9 Å². The molecule has 0 spiro atoms. The maximum Gasteiger partial charge on any atom is 0.274 e. The molecule has 0 unspecified atom stereocenters. The Morgan fingerprint density at radius 2 is 1.97 bits per heavy atom. The highest BCUT2D eigenvalue weighted by Gasteiger charge is 2.30. The lowest BCUT2D eigenvalue weighted by Gasteiger charge is -2.23. The van der Waals surface area contributed by atoms with Crippen molar-refractivity contribution < 1.29 is 4.79 Å². The zero-order chi connectivity index (χ0) is 23.1. The van der Waals surface area contributed by atoms with Gasteiger partial charge in [-0.05, 0) is 75.1 Å². The summed E-state index contributed by atoms with van der Waals surface area (Å²) in [4.78, 5) is 26.2. The number of fused-ring (bicyclic) bond motifs is 1. The highest BCUT2D eigenvalue weighted by molar-refractivity contribution is 7.15. The first kappa shape index (κ1) is 22.0. The van der Waals surface area contributed by atoms with E-state index in [9.17, 15) is 4.79 Å². The van der Waals surface area contributed by atoms with Crippen LogP contribution in [0.2, 0.25) is 0 Å². The van der Waals surface area contributed by atoms with Crippen molar-refractivity contribution in [1.82, 2.24) is 9.88 Å². The highest BCUT2D eigenvalue weighted by Crippen LogP contribution is 2.35. The molecule has 1 aliphatic heterocycles. The third-order valence-electron chi connectivity index (χ3n) is 6.84. The average Bonchev–Trinajstić information content (AvgIpc) is 3.40. The molecule has 0 radical (unpaired) electrons. The fourth-order valence-electron chi connectivity index (χ4n) is 4.51. The summed E-state index contributed by atoms with van der Waals surface area (Å²) in [5.41, 5.74) is 9.14. The second-order valence-corrected chi connectivity index (χ2v) is 10.8. The van der Waals surface area contributed by atoms with E-state index in [4.69, 9.17) is 4.98 Å². The number of amides is 1. The van der Waals surface area contributed by atoms with Crippen molar-refractivity contribution in [3.63, 3.8) is 0 Å². The number of carbonyl (C=O) groups is 1. The summed E-state index contributed by atoms with van der Waals surface area (Å²) in [6.07, 6.45) is 10.6. The van der Waals surface area contributed by atoms with Crippen LogP contribution >= 0.6 is 11.3 Å². The molecule has 1 aromatic heterocycles.